The lowest BCUT2D eigenvalue weighted by atomic mass is 9.77. The molecule has 3 rings (SSSR count). The molecule has 1 fully saturated rings. The van der Waals surface area contributed by atoms with E-state index in [0.717, 1.165) is 36.1 Å². The summed E-state index contributed by atoms with van der Waals surface area (Å²) in [5, 5.41) is 0. The van der Waals surface area contributed by atoms with Crippen LogP contribution in [-0.2, 0) is 0 Å². The summed E-state index contributed by atoms with van der Waals surface area (Å²) in [5.74, 6) is 3.33. The van der Waals surface area contributed by atoms with Crippen molar-refractivity contribution in [3.8, 4) is 17.1 Å². The SMILES string of the molecule is CCCCCCOc1ccc(-c2ncc([C@H]3CC[C@H](CCCCC)CC3)cn2)cc1. The second-order valence-corrected chi connectivity index (χ2v) is 8.99. The van der Waals surface area contributed by atoms with Gasteiger partial charge in [0.1, 0.15) is 5.75 Å². The highest BCUT2D eigenvalue weighted by Gasteiger charge is 2.22. The van der Waals surface area contributed by atoms with Gasteiger partial charge in [0.2, 0.25) is 0 Å². The highest BCUT2D eigenvalue weighted by atomic mass is 16.5. The lowest BCUT2D eigenvalue weighted by Crippen LogP contribution is -2.14. The predicted molar refractivity (Wildman–Crippen MR) is 126 cm³/mol. The Hall–Kier alpha value is -1.90. The Kier molecular flexibility index (Phi) is 9.66. The molecular formula is C27H40N2O. The number of unbranched alkanes of at least 4 members (excludes halogenated alkanes) is 5. The lowest BCUT2D eigenvalue weighted by Gasteiger charge is -2.28. The first-order valence-electron chi connectivity index (χ1n) is 12.3. The summed E-state index contributed by atoms with van der Waals surface area (Å²) in [7, 11) is 0. The molecule has 3 heteroatoms. The highest BCUT2D eigenvalue weighted by Crippen LogP contribution is 2.37. The van der Waals surface area contributed by atoms with Gasteiger partial charge in [-0.1, -0.05) is 58.8 Å². The van der Waals surface area contributed by atoms with E-state index in [-0.39, 0.29) is 0 Å². The first-order valence-corrected chi connectivity index (χ1v) is 12.3. The van der Waals surface area contributed by atoms with Crippen molar-refractivity contribution in [2.75, 3.05) is 6.61 Å². The molecule has 0 spiro atoms. The van der Waals surface area contributed by atoms with Crippen molar-refractivity contribution in [2.45, 2.75) is 96.8 Å². The summed E-state index contributed by atoms with van der Waals surface area (Å²) in [4.78, 5) is 9.35. The molecule has 0 N–H and O–H groups in total. The molecule has 0 radical (unpaired) electrons. The van der Waals surface area contributed by atoms with E-state index in [1.807, 2.05) is 12.1 Å². The number of aromatic nitrogens is 2. The molecule has 1 aromatic carbocycles. The molecule has 1 aromatic heterocycles. The molecule has 0 saturated heterocycles. The van der Waals surface area contributed by atoms with Gasteiger partial charge in [-0.15, -0.1) is 0 Å². The topological polar surface area (TPSA) is 35.0 Å². The molecule has 0 atom stereocenters. The zero-order valence-corrected chi connectivity index (χ0v) is 19.1. The Morgan fingerprint density at radius 1 is 0.800 bits per heavy atom. The maximum Gasteiger partial charge on any atom is 0.159 e. The molecule has 1 saturated carbocycles. The molecule has 0 unspecified atom stereocenters. The largest absolute Gasteiger partial charge is 0.494 e. The minimum absolute atomic E-state index is 0.643. The van der Waals surface area contributed by atoms with Crippen LogP contribution in [0.5, 0.6) is 5.75 Å². The minimum Gasteiger partial charge on any atom is -0.494 e. The summed E-state index contributed by atoms with van der Waals surface area (Å²) in [5.41, 5.74) is 2.37. The Labute approximate surface area is 183 Å². The van der Waals surface area contributed by atoms with Crippen LogP contribution in [0.25, 0.3) is 11.4 Å². The van der Waals surface area contributed by atoms with Crippen LogP contribution < -0.4 is 4.74 Å². The van der Waals surface area contributed by atoms with Crippen LogP contribution in [0.4, 0.5) is 0 Å². The standard InChI is InChI=1S/C27H40N2O/c1-3-5-7-9-19-30-26-17-15-24(16-18-26)27-28-20-25(21-29-27)23-13-11-22(12-14-23)10-8-6-4-2/h15-18,20-23H,3-14,19H2,1-2H3/t22-,23-. The third-order valence-corrected chi connectivity index (χ3v) is 6.59. The Balaban J connectivity index is 1.46. The second kappa shape index (κ2) is 12.7. The highest BCUT2D eigenvalue weighted by molar-refractivity contribution is 5.56. The molecule has 0 aliphatic heterocycles. The zero-order chi connectivity index (χ0) is 21.0. The third-order valence-electron chi connectivity index (χ3n) is 6.59. The summed E-state index contributed by atoms with van der Waals surface area (Å²) < 4.78 is 5.84. The van der Waals surface area contributed by atoms with E-state index in [9.17, 15) is 0 Å². The van der Waals surface area contributed by atoms with Crippen LogP contribution in [0.2, 0.25) is 0 Å². The van der Waals surface area contributed by atoms with Crippen molar-refractivity contribution < 1.29 is 4.74 Å². The van der Waals surface area contributed by atoms with Crippen LogP contribution in [0.15, 0.2) is 36.7 Å². The maximum absolute atomic E-state index is 5.84. The normalized spacial score (nSPS) is 19.0. The van der Waals surface area contributed by atoms with Crippen molar-refractivity contribution in [2.24, 2.45) is 5.92 Å². The van der Waals surface area contributed by atoms with Gasteiger partial charge >= 0.3 is 0 Å². The van der Waals surface area contributed by atoms with Crippen molar-refractivity contribution in [1.29, 1.82) is 0 Å². The average Bonchev–Trinajstić information content (AvgIpc) is 2.80. The van der Waals surface area contributed by atoms with E-state index >= 15 is 0 Å². The molecule has 164 valence electrons. The van der Waals surface area contributed by atoms with Crippen molar-refractivity contribution >= 4 is 0 Å². The number of benzene rings is 1. The fraction of sp³-hybridized carbons (Fsp3) is 0.630. The molecule has 30 heavy (non-hydrogen) atoms. The monoisotopic (exact) mass is 408 g/mol. The van der Waals surface area contributed by atoms with Gasteiger partial charge in [-0.2, -0.15) is 0 Å². The average molecular weight is 409 g/mol. The van der Waals surface area contributed by atoms with Crippen LogP contribution in [0, 0.1) is 5.92 Å². The molecule has 1 aliphatic carbocycles. The van der Waals surface area contributed by atoms with Gasteiger partial charge in [-0.05, 0) is 73.8 Å². The van der Waals surface area contributed by atoms with Gasteiger partial charge in [0, 0.05) is 18.0 Å². The van der Waals surface area contributed by atoms with Gasteiger partial charge < -0.3 is 4.74 Å². The van der Waals surface area contributed by atoms with E-state index in [0.29, 0.717) is 5.92 Å². The van der Waals surface area contributed by atoms with Gasteiger partial charge in [0.15, 0.2) is 5.82 Å². The van der Waals surface area contributed by atoms with E-state index in [1.165, 1.54) is 76.2 Å². The fourth-order valence-corrected chi connectivity index (χ4v) is 4.58. The smallest absolute Gasteiger partial charge is 0.159 e. The number of ether oxygens (including phenoxy) is 1. The molecule has 0 bridgehead atoms. The lowest BCUT2D eigenvalue weighted by molar-refractivity contribution is 0.302. The Bertz CT molecular complexity index is 703. The molecule has 1 aliphatic rings. The number of rotatable bonds is 12. The van der Waals surface area contributed by atoms with E-state index < -0.39 is 0 Å². The van der Waals surface area contributed by atoms with Crippen molar-refractivity contribution in [3.05, 3.63) is 42.2 Å². The fourth-order valence-electron chi connectivity index (χ4n) is 4.58. The quantitative estimate of drug-likeness (QED) is 0.334. The minimum atomic E-state index is 0.643. The predicted octanol–water partition coefficient (Wildman–Crippen LogP) is 7.96. The van der Waals surface area contributed by atoms with Gasteiger partial charge in [0.25, 0.3) is 0 Å². The number of hydrogen-bond acceptors (Lipinski definition) is 3. The number of hydrogen-bond donors (Lipinski definition) is 0. The Morgan fingerprint density at radius 2 is 1.47 bits per heavy atom. The molecule has 0 amide bonds. The summed E-state index contributed by atoms with van der Waals surface area (Å²) >= 11 is 0. The number of nitrogens with zero attached hydrogens (tertiary/aromatic N) is 2. The first kappa shape index (κ1) is 22.8. The van der Waals surface area contributed by atoms with E-state index in [1.54, 1.807) is 0 Å². The van der Waals surface area contributed by atoms with E-state index in [4.69, 9.17) is 4.74 Å². The molecule has 1 heterocycles. The van der Waals surface area contributed by atoms with Crippen LogP contribution in [0.1, 0.15) is 102 Å². The molecule has 2 aromatic rings. The summed E-state index contributed by atoms with van der Waals surface area (Å²) in [6.07, 6.45) is 19.9. The third kappa shape index (κ3) is 7.11. The first-order chi connectivity index (χ1) is 14.8. The van der Waals surface area contributed by atoms with Gasteiger partial charge in [-0.25, -0.2) is 9.97 Å². The maximum atomic E-state index is 5.84. The summed E-state index contributed by atoms with van der Waals surface area (Å²) in [6, 6.07) is 8.20. The van der Waals surface area contributed by atoms with Crippen LogP contribution in [0.3, 0.4) is 0 Å². The van der Waals surface area contributed by atoms with Gasteiger partial charge in [0.05, 0.1) is 6.61 Å². The zero-order valence-electron chi connectivity index (χ0n) is 19.1. The van der Waals surface area contributed by atoms with Crippen molar-refractivity contribution in [1.82, 2.24) is 9.97 Å². The van der Waals surface area contributed by atoms with E-state index in [2.05, 4.69) is 48.3 Å². The Morgan fingerprint density at radius 3 is 2.13 bits per heavy atom. The second-order valence-electron chi connectivity index (χ2n) is 8.99. The van der Waals surface area contributed by atoms with Gasteiger partial charge in [-0.3, -0.25) is 0 Å². The van der Waals surface area contributed by atoms with Crippen LogP contribution >= 0.6 is 0 Å². The van der Waals surface area contributed by atoms with Crippen molar-refractivity contribution in [3.63, 3.8) is 0 Å². The van der Waals surface area contributed by atoms with Crippen LogP contribution in [-0.4, -0.2) is 16.6 Å². The summed E-state index contributed by atoms with van der Waals surface area (Å²) in [6.45, 7) is 5.32. The molecular weight excluding hydrogens is 368 g/mol. The molecule has 3 nitrogen and oxygen atoms in total.